The van der Waals surface area contributed by atoms with E-state index in [2.05, 4.69) is 15.0 Å². The number of para-hydroxylation sites is 1. The number of hydrogen-bond acceptors (Lipinski definition) is 6. The Bertz CT molecular complexity index is 1190. The van der Waals surface area contributed by atoms with Crippen LogP contribution in [0.1, 0.15) is 31.3 Å². The highest BCUT2D eigenvalue weighted by Crippen LogP contribution is 2.26. The molecule has 2 aromatic carbocycles. The lowest BCUT2D eigenvalue weighted by atomic mass is 10.1. The number of sulfonamides is 1. The molecule has 4 N–H and O–H groups in total. The third kappa shape index (κ3) is 4.61. The Kier molecular flexibility index (Phi) is 5.66. The van der Waals surface area contributed by atoms with Crippen molar-refractivity contribution in [1.29, 1.82) is 0 Å². The first-order valence-corrected chi connectivity index (χ1v) is 10.7. The second-order valence-corrected chi connectivity index (χ2v) is 8.90. The van der Waals surface area contributed by atoms with Gasteiger partial charge in [0, 0.05) is 0 Å². The van der Waals surface area contributed by atoms with Crippen LogP contribution in [0.3, 0.4) is 0 Å². The van der Waals surface area contributed by atoms with Crippen molar-refractivity contribution in [2.75, 3.05) is 10.0 Å². The third-order valence-electron chi connectivity index (χ3n) is 4.00. The number of nitrogens with zero attached hydrogens (tertiary/aromatic N) is 1. The number of nitrogens with one attached hydrogen (secondary N) is 2. The lowest BCUT2D eigenvalue weighted by Crippen LogP contribution is -2.18. The third-order valence-corrected chi connectivity index (χ3v) is 6.55. The maximum absolute atomic E-state index is 12.6. The molecule has 29 heavy (non-hydrogen) atoms. The van der Waals surface area contributed by atoms with Crippen LogP contribution in [-0.4, -0.2) is 25.2 Å². The summed E-state index contributed by atoms with van der Waals surface area (Å²) >= 11 is 0.896. The maximum Gasteiger partial charge on any atom is 0.267 e. The van der Waals surface area contributed by atoms with E-state index in [0.29, 0.717) is 5.69 Å². The zero-order valence-corrected chi connectivity index (χ0v) is 17.2. The van der Waals surface area contributed by atoms with Gasteiger partial charge in [-0.05, 0) is 38.1 Å². The van der Waals surface area contributed by atoms with E-state index in [4.69, 9.17) is 5.73 Å². The fourth-order valence-corrected chi connectivity index (χ4v) is 4.62. The second kappa shape index (κ2) is 8.02. The molecule has 0 fully saturated rings. The van der Waals surface area contributed by atoms with E-state index in [1.54, 1.807) is 37.3 Å². The number of thiazole rings is 1. The highest BCUT2D eigenvalue weighted by Gasteiger charge is 2.21. The molecular formula is C19H18N4O4S2. The largest absolute Gasteiger partial charge is 0.366 e. The summed E-state index contributed by atoms with van der Waals surface area (Å²) in [5.41, 5.74) is 7.04. The number of nitrogens with two attached hydrogens (primary N) is 1. The maximum atomic E-state index is 12.6. The molecule has 0 aliphatic rings. The van der Waals surface area contributed by atoms with Crippen LogP contribution in [-0.2, 0) is 10.0 Å². The van der Waals surface area contributed by atoms with Crippen molar-refractivity contribution in [3.8, 4) is 0 Å². The number of benzene rings is 2. The van der Waals surface area contributed by atoms with Gasteiger partial charge in [-0.3, -0.25) is 14.3 Å². The molecule has 0 spiro atoms. The number of anilines is 2. The summed E-state index contributed by atoms with van der Waals surface area (Å²) < 4.78 is 27.4. The molecule has 0 radical (unpaired) electrons. The lowest BCUT2D eigenvalue weighted by molar-refractivity contribution is 0.100. The number of rotatable bonds is 6. The van der Waals surface area contributed by atoms with Crippen LogP contribution in [0.15, 0.2) is 53.4 Å². The topological polar surface area (TPSA) is 131 Å². The molecular weight excluding hydrogens is 412 g/mol. The minimum atomic E-state index is -3.83. The quantitative estimate of drug-likeness (QED) is 0.553. The van der Waals surface area contributed by atoms with Crippen molar-refractivity contribution >= 4 is 44.0 Å². The Morgan fingerprint density at radius 3 is 2.34 bits per heavy atom. The van der Waals surface area contributed by atoms with Gasteiger partial charge in [-0.1, -0.05) is 41.2 Å². The van der Waals surface area contributed by atoms with Crippen LogP contribution in [0.25, 0.3) is 0 Å². The van der Waals surface area contributed by atoms with Gasteiger partial charge in [0.25, 0.3) is 21.8 Å². The molecule has 0 saturated carbocycles. The number of aryl methyl sites for hydroxylation is 2. The molecule has 0 aliphatic carbocycles. The monoisotopic (exact) mass is 430 g/mol. The van der Waals surface area contributed by atoms with Crippen molar-refractivity contribution in [1.82, 2.24) is 4.98 Å². The van der Waals surface area contributed by atoms with Crippen molar-refractivity contribution in [3.63, 3.8) is 0 Å². The Labute approximate surface area is 171 Å². The first-order valence-electron chi connectivity index (χ1n) is 8.44. The molecule has 0 bridgehead atoms. The van der Waals surface area contributed by atoms with Gasteiger partial charge in [-0.25, -0.2) is 13.4 Å². The van der Waals surface area contributed by atoms with Crippen LogP contribution >= 0.6 is 11.3 Å². The standard InChI is InChI=1S/C19H18N4O4S2/c1-11-7-9-13(10-8-11)29(26,27)23-19-21-12(2)16(28-19)18(25)22-15-6-4-3-5-14(15)17(20)24/h3-10H,1-2H3,(H2,20,24)(H,21,23)(H,22,25). The minimum absolute atomic E-state index is 0.0661. The first kappa shape index (κ1) is 20.5. The number of hydrogen-bond donors (Lipinski definition) is 3. The molecule has 2 amide bonds. The average Bonchev–Trinajstić information content (AvgIpc) is 3.02. The van der Waals surface area contributed by atoms with Gasteiger partial charge in [-0.2, -0.15) is 0 Å². The van der Waals surface area contributed by atoms with Gasteiger partial charge >= 0.3 is 0 Å². The van der Waals surface area contributed by atoms with E-state index < -0.39 is 21.8 Å². The molecule has 1 aromatic heterocycles. The van der Waals surface area contributed by atoms with E-state index >= 15 is 0 Å². The molecule has 0 saturated heterocycles. The predicted octanol–water partition coefficient (Wildman–Crippen LogP) is 2.91. The summed E-state index contributed by atoms with van der Waals surface area (Å²) in [6.07, 6.45) is 0. The van der Waals surface area contributed by atoms with Crippen LogP contribution < -0.4 is 15.8 Å². The number of amides is 2. The van der Waals surface area contributed by atoms with Gasteiger partial charge in [0.2, 0.25) is 0 Å². The second-order valence-electron chi connectivity index (χ2n) is 6.22. The van der Waals surface area contributed by atoms with Crippen LogP contribution in [0.5, 0.6) is 0 Å². The molecule has 150 valence electrons. The van der Waals surface area contributed by atoms with Gasteiger partial charge in [0.1, 0.15) is 4.88 Å². The van der Waals surface area contributed by atoms with E-state index in [9.17, 15) is 18.0 Å². The Hall–Kier alpha value is -3.24. The Balaban J connectivity index is 1.82. The molecule has 0 aliphatic heterocycles. The highest BCUT2D eigenvalue weighted by atomic mass is 32.2. The van der Waals surface area contributed by atoms with Gasteiger partial charge in [-0.15, -0.1) is 0 Å². The van der Waals surface area contributed by atoms with Gasteiger partial charge in [0.05, 0.1) is 21.8 Å². The van der Waals surface area contributed by atoms with Gasteiger partial charge < -0.3 is 11.1 Å². The van der Waals surface area contributed by atoms with E-state index in [-0.39, 0.29) is 26.2 Å². The first-order chi connectivity index (χ1) is 13.7. The average molecular weight is 431 g/mol. The molecule has 8 nitrogen and oxygen atoms in total. The summed E-state index contributed by atoms with van der Waals surface area (Å²) in [5, 5.41) is 2.68. The summed E-state index contributed by atoms with van der Waals surface area (Å²) in [5.74, 6) is -1.19. The Morgan fingerprint density at radius 2 is 1.69 bits per heavy atom. The van der Waals surface area contributed by atoms with Crippen molar-refractivity contribution in [3.05, 3.63) is 70.2 Å². The van der Waals surface area contributed by atoms with E-state index in [0.717, 1.165) is 16.9 Å². The summed E-state index contributed by atoms with van der Waals surface area (Å²) in [7, 11) is -3.83. The number of carbonyl (C=O) groups is 2. The van der Waals surface area contributed by atoms with Crippen LogP contribution in [0, 0.1) is 13.8 Å². The van der Waals surface area contributed by atoms with Crippen LogP contribution in [0.2, 0.25) is 0 Å². The number of primary amides is 1. The predicted molar refractivity (Wildman–Crippen MR) is 112 cm³/mol. The zero-order valence-electron chi connectivity index (χ0n) is 15.6. The fraction of sp³-hybridized carbons (Fsp3) is 0.105. The molecule has 1 heterocycles. The smallest absolute Gasteiger partial charge is 0.267 e. The zero-order chi connectivity index (χ0) is 21.2. The van der Waals surface area contributed by atoms with E-state index in [1.165, 1.54) is 18.2 Å². The summed E-state index contributed by atoms with van der Waals surface area (Å²) in [6.45, 7) is 3.45. The van der Waals surface area contributed by atoms with Crippen molar-refractivity contribution in [2.24, 2.45) is 5.73 Å². The summed E-state index contributed by atoms with van der Waals surface area (Å²) in [6, 6.07) is 12.7. The number of carbonyl (C=O) groups excluding carboxylic acids is 2. The van der Waals surface area contributed by atoms with Crippen LogP contribution in [0.4, 0.5) is 10.8 Å². The van der Waals surface area contributed by atoms with Crippen molar-refractivity contribution in [2.45, 2.75) is 18.7 Å². The van der Waals surface area contributed by atoms with Gasteiger partial charge in [0.15, 0.2) is 5.13 Å². The van der Waals surface area contributed by atoms with E-state index in [1.807, 2.05) is 6.92 Å². The lowest BCUT2D eigenvalue weighted by Gasteiger charge is -2.07. The molecule has 0 unspecified atom stereocenters. The normalized spacial score (nSPS) is 11.1. The molecule has 10 heteroatoms. The molecule has 3 rings (SSSR count). The highest BCUT2D eigenvalue weighted by molar-refractivity contribution is 7.93. The molecule has 0 atom stereocenters. The Morgan fingerprint density at radius 1 is 1.03 bits per heavy atom. The SMILES string of the molecule is Cc1ccc(S(=O)(=O)Nc2nc(C)c(C(=O)Nc3ccccc3C(N)=O)s2)cc1. The summed E-state index contributed by atoms with van der Waals surface area (Å²) in [4.78, 5) is 28.6. The molecule has 3 aromatic rings. The van der Waals surface area contributed by atoms with Crippen molar-refractivity contribution < 1.29 is 18.0 Å². The number of aromatic nitrogens is 1. The minimum Gasteiger partial charge on any atom is -0.366 e. The fourth-order valence-electron chi connectivity index (χ4n) is 2.53.